The molecule has 0 aliphatic heterocycles. The van der Waals surface area contributed by atoms with E-state index in [1.165, 1.54) is 5.57 Å². The maximum atomic E-state index is 10.9. The van der Waals surface area contributed by atoms with Gasteiger partial charge in [0.05, 0.1) is 5.60 Å². The number of rotatable bonds is 3. The molecule has 0 unspecified atom stereocenters. The molecule has 2 N–H and O–H groups in total. The van der Waals surface area contributed by atoms with Gasteiger partial charge in [-0.05, 0) is 61.9 Å². The number of hydrogen-bond donors (Lipinski definition) is 2. The number of fused-ring (bicyclic) bond motifs is 1. The summed E-state index contributed by atoms with van der Waals surface area (Å²) in [7, 11) is 0. The summed E-state index contributed by atoms with van der Waals surface area (Å²) < 4.78 is 0. The van der Waals surface area contributed by atoms with Crippen LogP contribution < -0.4 is 0 Å². The second kappa shape index (κ2) is 4.25. The van der Waals surface area contributed by atoms with Crippen molar-refractivity contribution in [3.8, 4) is 0 Å². The molecule has 2 nitrogen and oxygen atoms in total. The smallest absolute Gasteiger partial charge is 0.0885 e. The summed E-state index contributed by atoms with van der Waals surface area (Å²) in [5.74, 6) is 1.57. The third-order valence-corrected chi connectivity index (χ3v) is 5.03. The van der Waals surface area contributed by atoms with Crippen molar-refractivity contribution >= 4 is 0 Å². The van der Waals surface area contributed by atoms with Crippen LogP contribution in [0.25, 0.3) is 0 Å². The molecule has 1 fully saturated rings. The van der Waals surface area contributed by atoms with Gasteiger partial charge in [-0.2, -0.15) is 0 Å². The Morgan fingerprint density at radius 3 is 3.00 bits per heavy atom. The Balaban J connectivity index is 1.79. The highest BCUT2D eigenvalue weighted by Crippen LogP contribution is 2.50. The van der Waals surface area contributed by atoms with Crippen molar-refractivity contribution in [2.24, 2.45) is 17.8 Å². The molecule has 0 spiro atoms. The van der Waals surface area contributed by atoms with Crippen LogP contribution in [0.4, 0.5) is 0 Å². The van der Waals surface area contributed by atoms with Crippen LogP contribution in [-0.4, -0.2) is 22.4 Å². The van der Waals surface area contributed by atoms with E-state index < -0.39 is 5.60 Å². The van der Waals surface area contributed by atoms with E-state index in [-0.39, 0.29) is 12.5 Å². The zero-order chi connectivity index (χ0) is 11.9. The van der Waals surface area contributed by atoms with E-state index in [9.17, 15) is 5.11 Å². The van der Waals surface area contributed by atoms with Crippen LogP contribution in [0.5, 0.6) is 0 Å². The molecule has 4 atom stereocenters. The zero-order valence-corrected chi connectivity index (χ0v) is 10.3. The predicted octanol–water partition coefficient (Wildman–Crippen LogP) is 2.42. The highest BCUT2D eigenvalue weighted by molar-refractivity contribution is 5.30. The molecule has 3 aliphatic carbocycles. The lowest BCUT2D eigenvalue weighted by molar-refractivity contribution is 0.0257. The lowest BCUT2D eigenvalue weighted by atomic mass is 9.81. The highest BCUT2D eigenvalue weighted by Gasteiger charge is 2.46. The lowest BCUT2D eigenvalue weighted by Gasteiger charge is -2.32. The van der Waals surface area contributed by atoms with Crippen LogP contribution in [0.3, 0.4) is 0 Å². The van der Waals surface area contributed by atoms with Gasteiger partial charge in [0.2, 0.25) is 0 Å². The molecule has 17 heavy (non-hydrogen) atoms. The van der Waals surface area contributed by atoms with Gasteiger partial charge in [-0.15, -0.1) is 0 Å². The van der Waals surface area contributed by atoms with Crippen molar-refractivity contribution in [3.63, 3.8) is 0 Å². The normalized spacial score (nSPS) is 44.1. The maximum Gasteiger partial charge on any atom is 0.0885 e. The van der Waals surface area contributed by atoms with Crippen molar-refractivity contribution in [2.45, 2.75) is 44.1 Å². The molecule has 0 radical (unpaired) electrons. The van der Waals surface area contributed by atoms with E-state index in [4.69, 9.17) is 5.11 Å². The Labute approximate surface area is 103 Å². The van der Waals surface area contributed by atoms with Gasteiger partial charge >= 0.3 is 0 Å². The van der Waals surface area contributed by atoms with Gasteiger partial charge in [-0.25, -0.2) is 0 Å². The summed E-state index contributed by atoms with van der Waals surface area (Å²) >= 11 is 0. The van der Waals surface area contributed by atoms with Crippen molar-refractivity contribution in [1.82, 2.24) is 0 Å². The monoisotopic (exact) mass is 234 g/mol. The van der Waals surface area contributed by atoms with Gasteiger partial charge in [0, 0.05) is 6.61 Å². The molecule has 2 heteroatoms. The van der Waals surface area contributed by atoms with Gasteiger partial charge in [0.25, 0.3) is 0 Å². The van der Waals surface area contributed by atoms with Crippen LogP contribution in [-0.2, 0) is 0 Å². The van der Waals surface area contributed by atoms with Crippen LogP contribution in [0.1, 0.15) is 38.5 Å². The summed E-state index contributed by atoms with van der Waals surface area (Å²) in [6, 6.07) is 0. The molecule has 94 valence electrons. The average molecular weight is 234 g/mol. The van der Waals surface area contributed by atoms with Crippen LogP contribution in [0, 0.1) is 17.8 Å². The first-order valence-electron chi connectivity index (χ1n) is 6.95. The summed E-state index contributed by atoms with van der Waals surface area (Å²) in [5.41, 5.74) is 0.675. The first-order chi connectivity index (χ1) is 8.24. The Hall–Kier alpha value is -0.600. The third-order valence-electron chi connectivity index (χ3n) is 5.03. The molecule has 0 saturated heterocycles. The first kappa shape index (κ1) is 11.5. The number of hydrogen-bond acceptors (Lipinski definition) is 2. The quantitative estimate of drug-likeness (QED) is 0.736. The number of allylic oxidation sites excluding steroid dienone is 3. The van der Waals surface area contributed by atoms with Crippen LogP contribution in [0.15, 0.2) is 23.8 Å². The summed E-state index contributed by atoms with van der Waals surface area (Å²) in [5, 5.41) is 20.1. The van der Waals surface area contributed by atoms with Crippen molar-refractivity contribution in [1.29, 1.82) is 0 Å². The van der Waals surface area contributed by atoms with Gasteiger partial charge in [0.15, 0.2) is 0 Å². The summed E-state index contributed by atoms with van der Waals surface area (Å²) in [6.45, 7) is 0.201. The van der Waals surface area contributed by atoms with E-state index in [1.54, 1.807) is 0 Å². The molecule has 1 saturated carbocycles. The summed E-state index contributed by atoms with van der Waals surface area (Å²) in [6.07, 6.45) is 12.9. The van der Waals surface area contributed by atoms with Gasteiger partial charge in [-0.1, -0.05) is 18.2 Å². The fourth-order valence-corrected chi connectivity index (χ4v) is 4.06. The molecular formula is C15H22O2. The third kappa shape index (κ3) is 1.78. The lowest BCUT2D eigenvalue weighted by Crippen LogP contribution is -2.35. The van der Waals surface area contributed by atoms with Gasteiger partial charge in [0.1, 0.15) is 0 Å². The predicted molar refractivity (Wildman–Crippen MR) is 67.4 cm³/mol. The molecule has 0 amide bonds. The van der Waals surface area contributed by atoms with Gasteiger partial charge < -0.3 is 10.2 Å². The fourth-order valence-electron chi connectivity index (χ4n) is 4.06. The number of aliphatic hydroxyl groups is 2. The fraction of sp³-hybridized carbons (Fsp3) is 0.733. The van der Waals surface area contributed by atoms with Crippen molar-refractivity contribution in [2.75, 3.05) is 6.61 Å². The molecule has 0 aromatic heterocycles. The molecule has 3 rings (SSSR count). The van der Waals surface area contributed by atoms with E-state index in [2.05, 4.69) is 18.2 Å². The number of aliphatic hydroxyl groups excluding tert-OH is 1. The van der Waals surface area contributed by atoms with E-state index in [0.29, 0.717) is 11.8 Å². The largest absolute Gasteiger partial charge is 0.396 e. The molecule has 0 aromatic rings. The Morgan fingerprint density at radius 1 is 1.35 bits per heavy atom. The highest BCUT2D eigenvalue weighted by atomic mass is 16.3. The van der Waals surface area contributed by atoms with Crippen LogP contribution in [0.2, 0.25) is 0 Å². The molecule has 0 bridgehead atoms. The van der Waals surface area contributed by atoms with Crippen molar-refractivity contribution in [3.05, 3.63) is 23.8 Å². The second-order valence-electron chi connectivity index (χ2n) is 5.91. The molecule has 0 heterocycles. The second-order valence-corrected chi connectivity index (χ2v) is 5.91. The minimum Gasteiger partial charge on any atom is -0.396 e. The summed E-state index contributed by atoms with van der Waals surface area (Å²) in [4.78, 5) is 0. The van der Waals surface area contributed by atoms with Gasteiger partial charge in [-0.3, -0.25) is 0 Å². The molecular weight excluding hydrogens is 212 g/mol. The van der Waals surface area contributed by atoms with E-state index in [1.807, 2.05) is 0 Å². The Bertz CT molecular complexity index is 358. The maximum absolute atomic E-state index is 10.9. The standard InChI is InChI=1S/C15H22O2/c16-8-6-13-5-2-7-15(13,17)14-9-11-3-1-4-12(11)10-14/h1,3,10-13,16-17H,2,4-9H2/t11-,12+,13-,15-/m0/s1. The Kier molecular flexibility index (Phi) is 2.87. The zero-order valence-electron chi connectivity index (χ0n) is 10.3. The topological polar surface area (TPSA) is 40.5 Å². The SMILES string of the molecule is OCC[C@@H]1CCC[C@@]1(O)C1=C[C@H]2CC=C[C@H]2C1. The Morgan fingerprint density at radius 2 is 2.24 bits per heavy atom. The van der Waals surface area contributed by atoms with E-state index in [0.717, 1.165) is 38.5 Å². The average Bonchev–Trinajstić information content (AvgIpc) is 2.93. The first-order valence-corrected chi connectivity index (χ1v) is 6.95. The van der Waals surface area contributed by atoms with Crippen molar-refractivity contribution < 1.29 is 10.2 Å². The minimum atomic E-state index is -0.596. The van der Waals surface area contributed by atoms with E-state index >= 15 is 0 Å². The molecule has 0 aromatic carbocycles. The van der Waals surface area contributed by atoms with Crippen LogP contribution >= 0.6 is 0 Å². The minimum absolute atomic E-state index is 0.201. The molecule has 3 aliphatic rings.